The molecule has 2 unspecified atom stereocenters. The van der Waals surface area contributed by atoms with Gasteiger partial charge in [-0.15, -0.1) is 11.3 Å². The number of nitrogens with zero attached hydrogens (tertiary/aromatic N) is 3. The summed E-state index contributed by atoms with van der Waals surface area (Å²) >= 11 is 1.38. The lowest BCUT2D eigenvalue weighted by Crippen LogP contribution is -2.47. The molecule has 0 spiro atoms. The van der Waals surface area contributed by atoms with Gasteiger partial charge >= 0.3 is 0 Å². The molecule has 1 amide bonds. The van der Waals surface area contributed by atoms with Gasteiger partial charge in [0, 0.05) is 36.5 Å². The van der Waals surface area contributed by atoms with Gasteiger partial charge in [-0.1, -0.05) is 0 Å². The van der Waals surface area contributed by atoms with E-state index in [0.717, 1.165) is 18.5 Å². The summed E-state index contributed by atoms with van der Waals surface area (Å²) < 4.78 is 1.48. The van der Waals surface area contributed by atoms with Crippen molar-refractivity contribution < 1.29 is 9.90 Å². The van der Waals surface area contributed by atoms with Gasteiger partial charge in [0.2, 0.25) is 0 Å². The first-order valence-electron chi connectivity index (χ1n) is 7.40. The maximum Gasteiger partial charge on any atom is 0.271 e. The Morgan fingerprint density at radius 2 is 2.27 bits per heavy atom. The fraction of sp³-hybridized carbons (Fsp3) is 0.533. The zero-order chi connectivity index (χ0) is 15.9. The number of piperidine rings is 1. The molecule has 0 radical (unpaired) electrons. The van der Waals surface area contributed by atoms with E-state index in [0.29, 0.717) is 11.5 Å². The van der Waals surface area contributed by atoms with E-state index in [-0.39, 0.29) is 35.6 Å². The van der Waals surface area contributed by atoms with Crippen molar-refractivity contribution >= 4 is 22.2 Å². The molecule has 7 heteroatoms. The molecule has 0 aliphatic carbocycles. The number of aliphatic hydroxyl groups excluding tert-OH is 1. The standard InChI is InChI=1S/C15H19N3O3S/c1-9-3-4-11(7-19)6-17(9)13(20)12-5-16-15-18(14(12)21)10(2)8-22-15/h5,8-9,11,19H,3-4,6-7H2,1-2H3. The van der Waals surface area contributed by atoms with Crippen molar-refractivity contribution in [3.8, 4) is 0 Å². The van der Waals surface area contributed by atoms with Crippen LogP contribution < -0.4 is 5.56 Å². The summed E-state index contributed by atoms with van der Waals surface area (Å²) in [4.78, 5) is 31.9. The molecule has 118 valence electrons. The second kappa shape index (κ2) is 5.81. The lowest BCUT2D eigenvalue weighted by molar-refractivity contribution is 0.0486. The second-order valence-corrected chi connectivity index (χ2v) is 6.74. The van der Waals surface area contributed by atoms with Gasteiger partial charge in [0.05, 0.1) is 0 Å². The summed E-state index contributed by atoms with van der Waals surface area (Å²) in [5.74, 6) is -0.203. The fourth-order valence-corrected chi connectivity index (χ4v) is 3.77. The van der Waals surface area contributed by atoms with E-state index < -0.39 is 0 Å². The molecule has 1 fully saturated rings. The van der Waals surface area contributed by atoms with Crippen LogP contribution in [0.25, 0.3) is 4.96 Å². The van der Waals surface area contributed by atoms with E-state index in [1.807, 2.05) is 19.2 Å². The molecule has 1 saturated heterocycles. The minimum atomic E-state index is -0.313. The molecule has 1 aliphatic heterocycles. The molecule has 1 aliphatic rings. The third kappa shape index (κ3) is 2.44. The van der Waals surface area contributed by atoms with E-state index >= 15 is 0 Å². The number of carbonyl (C=O) groups is 1. The maximum absolute atomic E-state index is 12.8. The highest BCUT2D eigenvalue weighted by Gasteiger charge is 2.31. The number of hydrogen-bond donors (Lipinski definition) is 1. The highest BCUT2D eigenvalue weighted by molar-refractivity contribution is 7.15. The molecule has 0 saturated carbocycles. The number of carbonyl (C=O) groups excluding carboxylic acids is 1. The minimum absolute atomic E-state index is 0.0659. The third-order valence-electron chi connectivity index (χ3n) is 4.35. The number of aromatic nitrogens is 2. The topological polar surface area (TPSA) is 74.9 Å². The Labute approximate surface area is 132 Å². The maximum atomic E-state index is 12.8. The van der Waals surface area contributed by atoms with Crippen LogP contribution in [0.3, 0.4) is 0 Å². The van der Waals surface area contributed by atoms with Crippen molar-refractivity contribution in [1.82, 2.24) is 14.3 Å². The molecule has 2 aromatic rings. The Morgan fingerprint density at radius 3 is 3.00 bits per heavy atom. The van der Waals surface area contributed by atoms with Gasteiger partial charge < -0.3 is 10.0 Å². The SMILES string of the molecule is Cc1csc2ncc(C(=O)N3CC(CO)CCC3C)c(=O)n12. The van der Waals surface area contributed by atoms with Crippen LogP contribution >= 0.6 is 11.3 Å². The van der Waals surface area contributed by atoms with E-state index in [1.165, 1.54) is 21.9 Å². The van der Waals surface area contributed by atoms with Crippen molar-refractivity contribution in [3.05, 3.63) is 33.2 Å². The summed E-state index contributed by atoms with van der Waals surface area (Å²) in [7, 11) is 0. The highest BCUT2D eigenvalue weighted by Crippen LogP contribution is 2.23. The fourth-order valence-electron chi connectivity index (χ4n) is 2.94. The molecule has 3 heterocycles. The largest absolute Gasteiger partial charge is 0.396 e. The van der Waals surface area contributed by atoms with Crippen LogP contribution in [0.5, 0.6) is 0 Å². The van der Waals surface area contributed by atoms with Gasteiger partial charge in [-0.25, -0.2) is 4.98 Å². The van der Waals surface area contributed by atoms with Crippen LogP contribution in [0, 0.1) is 12.8 Å². The van der Waals surface area contributed by atoms with Crippen LogP contribution in [0.2, 0.25) is 0 Å². The first-order valence-corrected chi connectivity index (χ1v) is 8.28. The molecule has 3 rings (SSSR count). The number of thiazole rings is 1. The molecule has 22 heavy (non-hydrogen) atoms. The average Bonchev–Trinajstić information content (AvgIpc) is 2.90. The molecule has 0 aromatic carbocycles. The van der Waals surface area contributed by atoms with E-state index in [4.69, 9.17) is 0 Å². The minimum Gasteiger partial charge on any atom is -0.396 e. The zero-order valence-corrected chi connectivity index (χ0v) is 13.5. The molecule has 1 N–H and O–H groups in total. The van der Waals surface area contributed by atoms with E-state index in [2.05, 4.69) is 4.98 Å². The number of fused-ring (bicyclic) bond motifs is 1. The molecule has 2 atom stereocenters. The monoisotopic (exact) mass is 321 g/mol. The number of hydrogen-bond acceptors (Lipinski definition) is 5. The summed E-state index contributed by atoms with van der Waals surface area (Å²) in [5, 5.41) is 11.2. The smallest absolute Gasteiger partial charge is 0.271 e. The summed E-state index contributed by atoms with van der Waals surface area (Å²) in [6.07, 6.45) is 3.12. The molecule has 6 nitrogen and oxygen atoms in total. The molecule has 2 aromatic heterocycles. The van der Waals surface area contributed by atoms with Gasteiger partial charge in [-0.2, -0.15) is 0 Å². The predicted octanol–water partition coefficient (Wildman–Crippen LogP) is 1.30. The number of likely N-dealkylation sites (tertiary alicyclic amines) is 1. The van der Waals surface area contributed by atoms with Crippen LogP contribution in [0.1, 0.15) is 35.8 Å². The van der Waals surface area contributed by atoms with Crippen molar-refractivity contribution in [3.63, 3.8) is 0 Å². The predicted molar refractivity (Wildman–Crippen MR) is 84.4 cm³/mol. The molecule has 0 bridgehead atoms. The highest BCUT2D eigenvalue weighted by atomic mass is 32.1. The summed E-state index contributed by atoms with van der Waals surface area (Å²) in [6, 6.07) is 0.0685. The van der Waals surface area contributed by atoms with Gasteiger partial charge in [-0.05, 0) is 32.6 Å². The lowest BCUT2D eigenvalue weighted by atomic mass is 9.93. The Hall–Kier alpha value is -1.73. The quantitative estimate of drug-likeness (QED) is 0.904. The first kappa shape index (κ1) is 15.2. The van der Waals surface area contributed by atoms with Crippen molar-refractivity contribution in [2.24, 2.45) is 5.92 Å². The van der Waals surface area contributed by atoms with Crippen LogP contribution in [-0.4, -0.2) is 44.5 Å². The summed E-state index contributed by atoms with van der Waals surface area (Å²) in [6.45, 7) is 4.36. The second-order valence-electron chi connectivity index (χ2n) is 5.90. The number of aryl methyl sites for hydroxylation is 1. The Morgan fingerprint density at radius 1 is 1.50 bits per heavy atom. The lowest BCUT2D eigenvalue weighted by Gasteiger charge is -2.37. The van der Waals surface area contributed by atoms with Gasteiger partial charge in [0.1, 0.15) is 5.56 Å². The van der Waals surface area contributed by atoms with Crippen LogP contribution in [0.15, 0.2) is 16.4 Å². The van der Waals surface area contributed by atoms with Crippen LogP contribution in [-0.2, 0) is 0 Å². The van der Waals surface area contributed by atoms with Crippen molar-refractivity contribution in [2.75, 3.05) is 13.2 Å². The third-order valence-corrected chi connectivity index (χ3v) is 5.30. The van der Waals surface area contributed by atoms with E-state index in [1.54, 1.807) is 4.90 Å². The molecular formula is C15H19N3O3S. The number of rotatable bonds is 2. The van der Waals surface area contributed by atoms with Gasteiger partial charge in [-0.3, -0.25) is 14.0 Å². The summed E-state index contributed by atoms with van der Waals surface area (Å²) in [5.41, 5.74) is 0.573. The Balaban J connectivity index is 1.99. The van der Waals surface area contributed by atoms with Crippen molar-refractivity contribution in [1.29, 1.82) is 0 Å². The molecular weight excluding hydrogens is 302 g/mol. The van der Waals surface area contributed by atoms with E-state index in [9.17, 15) is 14.7 Å². The first-order chi connectivity index (χ1) is 10.5. The van der Waals surface area contributed by atoms with Gasteiger partial charge in [0.15, 0.2) is 4.96 Å². The number of amides is 1. The van der Waals surface area contributed by atoms with Crippen molar-refractivity contribution in [2.45, 2.75) is 32.7 Å². The Bertz CT molecular complexity index is 767. The Kier molecular flexibility index (Phi) is 4.01. The van der Waals surface area contributed by atoms with Gasteiger partial charge in [0.25, 0.3) is 11.5 Å². The number of aliphatic hydroxyl groups is 1. The zero-order valence-electron chi connectivity index (χ0n) is 12.7. The average molecular weight is 321 g/mol. The normalized spacial score (nSPS) is 22.2. The van der Waals surface area contributed by atoms with Crippen LogP contribution in [0.4, 0.5) is 0 Å².